The van der Waals surface area contributed by atoms with Crippen molar-refractivity contribution in [2.24, 2.45) is 5.73 Å². The molecule has 0 spiro atoms. The van der Waals surface area contributed by atoms with E-state index in [9.17, 15) is 4.79 Å². The molecule has 0 saturated heterocycles. The fourth-order valence-corrected chi connectivity index (χ4v) is 1.87. The number of hydrogen-bond acceptors (Lipinski definition) is 2. The molecule has 1 atom stereocenters. The van der Waals surface area contributed by atoms with Gasteiger partial charge in [-0.15, -0.1) is 0 Å². The van der Waals surface area contributed by atoms with Gasteiger partial charge < -0.3 is 21.1 Å². The third-order valence-electron chi connectivity index (χ3n) is 2.67. The maximum Gasteiger partial charge on any atom is 0.404 e. The molecule has 0 aliphatic heterocycles. The number of amides is 1. The number of nitrogens with one attached hydrogen (secondary N) is 2. The molecule has 1 heterocycles. The van der Waals surface area contributed by atoms with E-state index in [4.69, 9.17) is 10.8 Å². The van der Waals surface area contributed by atoms with Gasteiger partial charge in [0.25, 0.3) is 0 Å². The number of aromatic amines is 1. The number of aromatic nitrogens is 1. The standard InChI is InChI=1S/C12H15N3O2/c13-9(7-15-12(16)17)5-8-6-14-11-4-2-1-3-10(8)11/h1-4,6,9,14-15H,5,7,13H2,(H,16,17)/t9-/m0/s1. The molecule has 0 fully saturated rings. The van der Waals surface area contributed by atoms with Crippen molar-refractivity contribution in [1.29, 1.82) is 0 Å². The third kappa shape index (κ3) is 2.76. The molecule has 90 valence electrons. The first kappa shape index (κ1) is 11.5. The van der Waals surface area contributed by atoms with Crippen LogP contribution in [-0.4, -0.2) is 28.8 Å². The lowest BCUT2D eigenvalue weighted by molar-refractivity contribution is 0.193. The van der Waals surface area contributed by atoms with E-state index in [-0.39, 0.29) is 12.6 Å². The highest BCUT2D eigenvalue weighted by atomic mass is 16.4. The van der Waals surface area contributed by atoms with E-state index < -0.39 is 6.09 Å². The van der Waals surface area contributed by atoms with Crippen LogP contribution >= 0.6 is 0 Å². The van der Waals surface area contributed by atoms with Crippen molar-refractivity contribution in [3.8, 4) is 0 Å². The van der Waals surface area contributed by atoms with Crippen molar-refractivity contribution >= 4 is 17.0 Å². The minimum atomic E-state index is -1.04. The molecule has 0 aliphatic carbocycles. The number of carbonyl (C=O) groups is 1. The van der Waals surface area contributed by atoms with E-state index in [1.54, 1.807) is 0 Å². The van der Waals surface area contributed by atoms with Gasteiger partial charge in [0.1, 0.15) is 0 Å². The highest BCUT2D eigenvalue weighted by Gasteiger charge is 2.09. The second-order valence-corrected chi connectivity index (χ2v) is 4.01. The highest BCUT2D eigenvalue weighted by Crippen LogP contribution is 2.18. The summed E-state index contributed by atoms with van der Waals surface area (Å²) in [6.07, 6.45) is 1.52. The smallest absolute Gasteiger partial charge is 0.404 e. The van der Waals surface area contributed by atoms with Crippen LogP contribution in [0.1, 0.15) is 5.56 Å². The number of H-pyrrole nitrogens is 1. The minimum Gasteiger partial charge on any atom is -0.465 e. The third-order valence-corrected chi connectivity index (χ3v) is 2.67. The van der Waals surface area contributed by atoms with Crippen LogP contribution in [0.2, 0.25) is 0 Å². The molecule has 0 aliphatic rings. The molecule has 5 heteroatoms. The first-order chi connectivity index (χ1) is 8.16. The lowest BCUT2D eigenvalue weighted by Gasteiger charge is -2.10. The predicted octanol–water partition coefficient (Wildman–Crippen LogP) is 1.31. The maximum atomic E-state index is 10.3. The van der Waals surface area contributed by atoms with E-state index in [2.05, 4.69) is 10.3 Å². The van der Waals surface area contributed by atoms with Crippen molar-refractivity contribution < 1.29 is 9.90 Å². The molecule has 1 amide bonds. The van der Waals surface area contributed by atoms with Crippen LogP contribution in [0, 0.1) is 0 Å². The zero-order chi connectivity index (χ0) is 12.3. The van der Waals surface area contributed by atoms with Gasteiger partial charge in [-0.3, -0.25) is 0 Å². The Kier molecular flexibility index (Phi) is 3.30. The molecule has 0 radical (unpaired) electrons. The van der Waals surface area contributed by atoms with Crippen molar-refractivity contribution in [3.63, 3.8) is 0 Å². The Balaban J connectivity index is 2.05. The Bertz CT molecular complexity index is 521. The lowest BCUT2D eigenvalue weighted by Crippen LogP contribution is -2.37. The van der Waals surface area contributed by atoms with Crippen LogP contribution < -0.4 is 11.1 Å². The second-order valence-electron chi connectivity index (χ2n) is 4.01. The zero-order valence-electron chi connectivity index (χ0n) is 9.31. The van der Waals surface area contributed by atoms with Gasteiger partial charge in [-0.1, -0.05) is 18.2 Å². The number of benzene rings is 1. The summed E-state index contributed by atoms with van der Waals surface area (Å²) in [6.45, 7) is 0.259. The monoisotopic (exact) mass is 233 g/mol. The fraction of sp³-hybridized carbons (Fsp3) is 0.250. The summed E-state index contributed by atoms with van der Waals surface area (Å²) in [5.41, 5.74) is 8.05. The summed E-state index contributed by atoms with van der Waals surface area (Å²) in [6, 6.07) is 7.75. The first-order valence-electron chi connectivity index (χ1n) is 5.44. The van der Waals surface area contributed by atoms with E-state index in [1.165, 1.54) is 0 Å². The largest absolute Gasteiger partial charge is 0.465 e. The molecule has 0 bridgehead atoms. The summed E-state index contributed by atoms with van der Waals surface area (Å²) >= 11 is 0. The Morgan fingerprint density at radius 3 is 3.00 bits per heavy atom. The highest BCUT2D eigenvalue weighted by molar-refractivity contribution is 5.83. The van der Waals surface area contributed by atoms with Crippen molar-refractivity contribution in [2.45, 2.75) is 12.5 Å². The van der Waals surface area contributed by atoms with Gasteiger partial charge in [-0.05, 0) is 18.1 Å². The summed E-state index contributed by atoms with van der Waals surface area (Å²) in [5, 5.41) is 11.9. The quantitative estimate of drug-likeness (QED) is 0.641. The normalized spacial score (nSPS) is 12.5. The van der Waals surface area contributed by atoms with Crippen LogP contribution in [0.15, 0.2) is 30.5 Å². The molecular weight excluding hydrogens is 218 g/mol. The van der Waals surface area contributed by atoms with Gasteiger partial charge in [-0.2, -0.15) is 0 Å². The number of nitrogens with two attached hydrogens (primary N) is 1. The first-order valence-corrected chi connectivity index (χ1v) is 5.44. The van der Waals surface area contributed by atoms with Crippen molar-refractivity contribution in [1.82, 2.24) is 10.3 Å². The Hall–Kier alpha value is -2.01. The van der Waals surface area contributed by atoms with Gasteiger partial charge >= 0.3 is 6.09 Å². The van der Waals surface area contributed by atoms with Crippen LogP contribution in [0.5, 0.6) is 0 Å². The van der Waals surface area contributed by atoms with E-state index >= 15 is 0 Å². The molecule has 5 N–H and O–H groups in total. The van der Waals surface area contributed by atoms with Crippen LogP contribution in [0.25, 0.3) is 10.9 Å². The maximum absolute atomic E-state index is 10.3. The van der Waals surface area contributed by atoms with E-state index in [0.29, 0.717) is 6.42 Å². The summed E-state index contributed by atoms with van der Waals surface area (Å²) < 4.78 is 0. The van der Waals surface area contributed by atoms with Crippen molar-refractivity contribution in [2.75, 3.05) is 6.54 Å². The molecule has 0 unspecified atom stereocenters. The Labute approximate surface area is 98.6 Å². The summed E-state index contributed by atoms with van der Waals surface area (Å²) in [5.74, 6) is 0. The molecule has 17 heavy (non-hydrogen) atoms. The Morgan fingerprint density at radius 1 is 1.47 bits per heavy atom. The zero-order valence-corrected chi connectivity index (χ0v) is 9.31. The lowest BCUT2D eigenvalue weighted by atomic mass is 10.1. The summed E-state index contributed by atoms with van der Waals surface area (Å²) in [7, 11) is 0. The number of fused-ring (bicyclic) bond motifs is 1. The van der Waals surface area contributed by atoms with Crippen LogP contribution in [0.3, 0.4) is 0 Å². The van der Waals surface area contributed by atoms with Gasteiger partial charge in [0.15, 0.2) is 0 Å². The average molecular weight is 233 g/mol. The number of para-hydroxylation sites is 1. The molecule has 5 nitrogen and oxygen atoms in total. The molecule has 0 saturated carbocycles. The molecular formula is C12H15N3O2. The van der Waals surface area contributed by atoms with Crippen molar-refractivity contribution in [3.05, 3.63) is 36.0 Å². The molecule has 1 aromatic heterocycles. The van der Waals surface area contributed by atoms with Gasteiger partial charge in [0.05, 0.1) is 0 Å². The molecule has 1 aromatic carbocycles. The Morgan fingerprint density at radius 2 is 2.24 bits per heavy atom. The van der Waals surface area contributed by atoms with E-state index in [0.717, 1.165) is 16.5 Å². The van der Waals surface area contributed by atoms with E-state index in [1.807, 2.05) is 30.5 Å². The second kappa shape index (κ2) is 4.88. The SMILES string of the molecule is N[C@H](CNC(=O)O)Cc1c[nH]c2ccccc12. The average Bonchev–Trinajstić information content (AvgIpc) is 2.70. The topological polar surface area (TPSA) is 91.1 Å². The fourth-order valence-electron chi connectivity index (χ4n) is 1.87. The predicted molar refractivity (Wildman–Crippen MR) is 66.0 cm³/mol. The molecule has 2 aromatic rings. The number of rotatable bonds is 4. The summed E-state index contributed by atoms with van der Waals surface area (Å²) in [4.78, 5) is 13.5. The van der Waals surface area contributed by atoms with Crippen LogP contribution in [-0.2, 0) is 6.42 Å². The number of hydrogen-bond donors (Lipinski definition) is 4. The molecule has 2 rings (SSSR count). The number of carboxylic acid groups (broad SMARTS) is 1. The van der Waals surface area contributed by atoms with Crippen LogP contribution in [0.4, 0.5) is 4.79 Å². The van der Waals surface area contributed by atoms with Gasteiger partial charge in [-0.25, -0.2) is 4.79 Å². The van der Waals surface area contributed by atoms with Gasteiger partial charge in [0.2, 0.25) is 0 Å². The minimum absolute atomic E-state index is 0.217. The van der Waals surface area contributed by atoms with Gasteiger partial charge in [0, 0.05) is 29.7 Å².